The van der Waals surface area contributed by atoms with E-state index in [4.69, 9.17) is 14.6 Å². The summed E-state index contributed by atoms with van der Waals surface area (Å²) in [6.07, 6.45) is -0.525. The quantitative estimate of drug-likeness (QED) is 0.625. The number of aliphatic carboxylic acids is 1. The molecule has 4 rings (SSSR count). The van der Waals surface area contributed by atoms with E-state index in [1.54, 1.807) is 0 Å². The van der Waals surface area contributed by atoms with E-state index in [0.717, 1.165) is 22.3 Å². The second-order valence-electron chi connectivity index (χ2n) is 10.1. The monoisotopic (exact) mass is 482 g/mol. The molecule has 0 radical (unpaired) electrons. The maximum Gasteiger partial charge on any atom is 0.410 e. The topological polar surface area (TPSA) is 105 Å². The van der Waals surface area contributed by atoms with Crippen LogP contribution in [-0.4, -0.2) is 55.3 Å². The van der Waals surface area contributed by atoms with Crippen molar-refractivity contribution in [2.75, 3.05) is 27.3 Å². The Kier molecular flexibility index (Phi) is 7.55. The highest BCUT2D eigenvalue weighted by atomic mass is 16.5. The van der Waals surface area contributed by atoms with E-state index in [1.807, 2.05) is 62.4 Å². The zero-order valence-corrected chi connectivity index (χ0v) is 21.1. The van der Waals surface area contributed by atoms with Gasteiger partial charge in [-0.15, -0.1) is 0 Å². The number of benzene rings is 2. The van der Waals surface area contributed by atoms with E-state index >= 15 is 0 Å². The normalized spacial score (nSPS) is 21.4. The van der Waals surface area contributed by atoms with E-state index in [2.05, 4.69) is 19.2 Å². The number of fused-ring (bicyclic) bond motifs is 2. The van der Waals surface area contributed by atoms with E-state index in [9.17, 15) is 14.4 Å². The van der Waals surface area contributed by atoms with Gasteiger partial charge in [-0.2, -0.15) is 0 Å². The van der Waals surface area contributed by atoms with Gasteiger partial charge in [-0.05, 0) is 22.3 Å². The molecule has 2 atom stereocenters. The van der Waals surface area contributed by atoms with Crippen molar-refractivity contribution < 1.29 is 29.0 Å². The fraction of sp³-hybridized carbons (Fsp3) is 0.444. The second kappa shape index (κ2) is 10.1. The summed E-state index contributed by atoms with van der Waals surface area (Å²) in [6, 6.07) is 14.1. The SMILES string of the molecule is CC1(C)CNC(C(=O)O)c2ccccc21.COC(=O)C1c2ccccc2C(C)(C)CN1C(=O)OC. The van der Waals surface area contributed by atoms with Crippen LogP contribution in [-0.2, 0) is 29.9 Å². The third-order valence-corrected chi connectivity index (χ3v) is 6.69. The standard InChI is InChI=1S/C15H19NO4.C12H15NO2/c1-15(2)9-16(14(18)20-4)12(13(17)19-3)10-7-5-6-8-11(10)15;1-12(2)7-13-10(11(14)15)8-5-3-4-6-9(8)12/h5-8,12H,9H2,1-4H3;3-6,10,13H,7H2,1-2H3,(H,14,15). The van der Waals surface area contributed by atoms with E-state index < -0.39 is 30.1 Å². The average molecular weight is 483 g/mol. The van der Waals surface area contributed by atoms with Crippen molar-refractivity contribution in [1.29, 1.82) is 0 Å². The van der Waals surface area contributed by atoms with Crippen LogP contribution in [0.4, 0.5) is 4.79 Å². The third-order valence-electron chi connectivity index (χ3n) is 6.69. The molecule has 0 bridgehead atoms. The predicted molar refractivity (Wildman–Crippen MR) is 131 cm³/mol. The minimum absolute atomic E-state index is 0.00252. The molecule has 0 saturated heterocycles. The molecule has 0 aliphatic carbocycles. The molecule has 0 aromatic heterocycles. The molecule has 2 aliphatic rings. The number of carboxylic acid groups (broad SMARTS) is 1. The highest BCUT2D eigenvalue weighted by Gasteiger charge is 2.44. The van der Waals surface area contributed by atoms with Gasteiger partial charge in [-0.3, -0.25) is 15.0 Å². The highest BCUT2D eigenvalue weighted by molar-refractivity contribution is 5.84. The van der Waals surface area contributed by atoms with Crippen LogP contribution in [0.1, 0.15) is 62.0 Å². The van der Waals surface area contributed by atoms with Crippen LogP contribution >= 0.6 is 0 Å². The Morgan fingerprint density at radius 2 is 1.43 bits per heavy atom. The lowest BCUT2D eigenvalue weighted by Crippen LogP contribution is -2.50. The first-order valence-corrected chi connectivity index (χ1v) is 11.5. The van der Waals surface area contributed by atoms with E-state index in [0.29, 0.717) is 13.1 Å². The zero-order valence-electron chi connectivity index (χ0n) is 21.1. The molecule has 2 aliphatic heterocycles. The number of hydrogen-bond acceptors (Lipinski definition) is 6. The first kappa shape index (κ1) is 26.2. The molecule has 2 unspecified atom stereocenters. The lowest BCUT2D eigenvalue weighted by molar-refractivity contribution is -0.147. The molecular formula is C27H34N2O6. The Hall–Kier alpha value is -3.39. The molecule has 2 heterocycles. The fourth-order valence-corrected chi connectivity index (χ4v) is 4.92. The summed E-state index contributed by atoms with van der Waals surface area (Å²) in [6.45, 7) is 9.41. The molecule has 2 N–H and O–H groups in total. The molecule has 35 heavy (non-hydrogen) atoms. The summed E-state index contributed by atoms with van der Waals surface area (Å²) < 4.78 is 9.65. The Bertz CT molecular complexity index is 1110. The van der Waals surface area contributed by atoms with Gasteiger partial charge in [-0.25, -0.2) is 9.59 Å². The summed E-state index contributed by atoms with van der Waals surface area (Å²) in [4.78, 5) is 36.6. The number of nitrogens with zero attached hydrogens (tertiary/aromatic N) is 1. The molecule has 8 nitrogen and oxygen atoms in total. The molecule has 188 valence electrons. The third kappa shape index (κ3) is 5.17. The Balaban J connectivity index is 0.000000203. The molecule has 8 heteroatoms. The van der Waals surface area contributed by atoms with Gasteiger partial charge in [0.25, 0.3) is 0 Å². The summed E-state index contributed by atoms with van der Waals surface area (Å²) >= 11 is 0. The van der Waals surface area contributed by atoms with Gasteiger partial charge in [0.05, 0.1) is 14.2 Å². The highest BCUT2D eigenvalue weighted by Crippen LogP contribution is 2.40. The van der Waals surface area contributed by atoms with Crippen molar-refractivity contribution in [2.45, 2.75) is 50.6 Å². The molecular weight excluding hydrogens is 448 g/mol. The second-order valence-corrected chi connectivity index (χ2v) is 10.1. The van der Waals surface area contributed by atoms with E-state index in [-0.39, 0.29) is 10.8 Å². The van der Waals surface area contributed by atoms with Crippen molar-refractivity contribution in [3.63, 3.8) is 0 Å². The number of hydrogen-bond donors (Lipinski definition) is 2. The van der Waals surface area contributed by atoms with Crippen LogP contribution in [0.2, 0.25) is 0 Å². The number of methoxy groups -OCH3 is 2. The summed E-state index contributed by atoms with van der Waals surface area (Å²) in [5.74, 6) is -1.27. The van der Waals surface area contributed by atoms with Crippen molar-refractivity contribution in [3.8, 4) is 0 Å². The van der Waals surface area contributed by atoms with Gasteiger partial charge in [0.15, 0.2) is 6.04 Å². The predicted octanol–water partition coefficient (Wildman–Crippen LogP) is 3.95. The van der Waals surface area contributed by atoms with Crippen LogP contribution in [0.3, 0.4) is 0 Å². The summed E-state index contributed by atoms with van der Waals surface area (Å²) in [5, 5.41) is 12.2. The molecule has 1 amide bonds. The number of carbonyl (C=O) groups is 3. The lowest BCUT2D eigenvalue weighted by Gasteiger charge is -2.42. The minimum atomic E-state index is -0.807. The minimum Gasteiger partial charge on any atom is -0.480 e. The van der Waals surface area contributed by atoms with Crippen LogP contribution in [0.25, 0.3) is 0 Å². The number of amides is 1. The smallest absolute Gasteiger partial charge is 0.410 e. The zero-order chi connectivity index (χ0) is 26.0. The lowest BCUT2D eigenvalue weighted by atomic mass is 9.76. The van der Waals surface area contributed by atoms with Gasteiger partial charge in [-0.1, -0.05) is 76.2 Å². The summed E-state index contributed by atoms with van der Waals surface area (Å²) in [5.41, 5.74) is 3.62. The molecule has 0 saturated carbocycles. The van der Waals surface area contributed by atoms with Crippen molar-refractivity contribution in [1.82, 2.24) is 10.2 Å². The number of ether oxygens (including phenoxy) is 2. The first-order valence-electron chi connectivity index (χ1n) is 11.5. The van der Waals surface area contributed by atoms with Gasteiger partial charge < -0.3 is 14.6 Å². The van der Waals surface area contributed by atoms with Gasteiger partial charge in [0.2, 0.25) is 0 Å². The molecule has 2 aromatic rings. The number of esters is 1. The van der Waals surface area contributed by atoms with E-state index in [1.165, 1.54) is 19.1 Å². The van der Waals surface area contributed by atoms with Crippen molar-refractivity contribution in [3.05, 3.63) is 70.8 Å². The number of carboxylic acids is 1. The Morgan fingerprint density at radius 1 is 0.886 bits per heavy atom. The largest absolute Gasteiger partial charge is 0.480 e. The maximum absolute atomic E-state index is 12.1. The van der Waals surface area contributed by atoms with Crippen LogP contribution in [0, 0.1) is 0 Å². The molecule has 0 spiro atoms. The Morgan fingerprint density at radius 3 is 1.97 bits per heavy atom. The molecule has 2 aromatic carbocycles. The molecule has 0 fully saturated rings. The number of rotatable bonds is 2. The van der Waals surface area contributed by atoms with Crippen LogP contribution < -0.4 is 5.32 Å². The average Bonchev–Trinajstić information content (AvgIpc) is 2.83. The summed E-state index contributed by atoms with van der Waals surface area (Å²) in [7, 11) is 2.63. The first-order chi connectivity index (χ1) is 16.4. The van der Waals surface area contributed by atoms with Gasteiger partial charge >= 0.3 is 18.0 Å². The maximum atomic E-state index is 12.1. The van der Waals surface area contributed by atoms with Crippen LogP contribution in [0.5, 0.6) is 0 Å². The number of nitrogens with one attached hydrogen (secondary N) is 1. The van der Waals surface area contributed by atoms with Crippen molar-refractivity contribution >= 4 is 18.0 Å². The number of carbonyl (C=O) groups excluding carboxylic acids is 2. The fourth-order valence-electron chi connectivity index (χ4n) is 4.92. The Labute approximate surface area is 206 Å². The van der Waals surface area contributed by atoms with Crippen molar-refractivity contribution in [2.24, 2.45) is 0 Å². The van der Waals surface area contributed by atoms with Gasteiger partial charge in [0, 0.05) is 23.9 Å². The van der Waals surface area contributed by atoms with Crippen LogP contribution in [0.15, 0.2) is 48.5 Å². The van der Waals surface area contributed by atoms with Gasteiger partial charge in [0.1, 0.15) is 6.04 Å².